The van der Waals surface area contributed by atoms with Crippen molar-refractivity contribution in [2.75, 3.05) is 24.7 Å². The molecule has 2 aromatic carbocycles. The molecule has 2 aromatic rings. The van der Waals surface area contributed by atoms with Gasteiger partial charge in [-0.05, 0) is 48.2 Å². The number of amidine groups is 1. The number of halogens is 2. The van der Waals surface area contributed by atoms with Gasteiger partial charge in [-0.1, -0.05) is 36.7 Å². The maximum Gasteiger partial charge on any atom is 0.329 e. The van der Waals surface area contributed by atoms with Gasteiger partial charge in [-0.25, -0.2) is 14.2 Å². The molecule has 6 nitrogen and oxygen atoms in total. The number of nitrogens with one attached hydrogen (secondary N) is 1. The Morgan fingerprint density at radius 2 is 1.97 bits per heavy atom. The van der Waals surface area contributed by atoms with E-state index in [-0.39, 0.29) is 17.8 Å². The van der Waals surface area contributed by atoms with E-state index in [0.717, 1.165) is 35.9 Å². The highest BCUT2D eigenvalue weighted by molar-refractivity contribution is 6.30. The van der Waals surface area contributed by atoms with Crippen LogP contribution >= 0.6 is 11.6 Å². The topological polar surface area (TPSA) is 51.2 Å². The van der Waals surface area contributed by atoms with Crippen molar-refractivity contribution < 1.29 is 9.18 Å². The summed E-state index contributed by atoms with van der Waals surface area (Å²) in [6, 6.07) is 12.4. The van der Waals surface area contributed by atoms with Crippen LogP contribution in [0.15, 0.2) is 59.5 Å². The molecule has 1 N–H and O–H groups in total. The van der Waals surface area contributed by atoms with Gasteiger partial charge in [-0.3, -0.25) is 15.1 Å². The van der Waals surface area contributed by atoms with Crippen molar-refractivity contribution in [1.82, 2.24) is 15.1 Å². The Morgan fingerprint density at radius 3 is 2.75 bits per heavy atom. The minimum atomic E-state index is -0.303. The molecular weight excluding hydrogens is 429 g/mol. The number of hydrogen-bond donors (Lipinski definition) is 1. The molecule has 2 atom stereocenters. The number of aliphatic imine (C=N–C) groups is 1. The number of aryl methyl sites for hydroxylation is 1. The number of benzene rings is 2. The van der Waals surface area contributed by atoms with E-state index in [9.17, 15) is 9.18 Å². The maximum atomic E-state index is 13.8. The van der Waals surface area contributed by atoms with E-state index in [0.29, 0.717) is 24.2 Å². The lowest BCUT2D eigenvalue weighted by Crippen LogP contribution is -2.49. The highest BCUT2D eigenvalue weighted by Crippen LogP contribution is 2.32. The van der Waals surface area contributed by atoms with Gasteiger partial charge < -0.3 is 4.90 Å². The summed E-state index contributed by atoms with van der Waals surface area (Å²) in [5.41, 5.74) is 2.89. The van der Waals surface area contributed by atoms with E-state index in [4.69, 9.17) is 16.6 Å². The van der Waals surface area contributed by atoms with Gasteiger partial charge in [0, 0.05) is 42.5 Å². The van der Waals surface area contributed by atoms with Crippen LogP contribution < -0.4 is 10.2 Å². The summed E-state index contributed by atoms with van der Waals surface area (Å²) in [7, 11) is 0. The molecule has 0 spiro atoms. The van der Waals surface area contributed by atoms with Crippen LogP contribution in [0, 0.1) is 24.6 Å². The summed E-state index contributed by atoms with van der Waals surface area (Å²) in [6.45, 7) is 7.02. The summed E-state index contributed by atoms with van der Waals surface area (Å²) in [5, 5.41) is 3.74. The normalized spacial score (nSPS) is 23.2. The molecule has 2 unspecified atom stereocenters. The van der Waals surface area contributed by atoms with Gasteiger partial charge >= 0.3 is 6.03 Å². The van der Waals surface area contributed by atoms with Crippen LogP contribution in [0.1, 0.15) is 18.1 Å². The molecule has 8 heteroatoms. The van der Waals surface area contributed by atoms with E-state index < -0.39 is 0 Å². The molecule has 3 aliphatic rings. The van der Waals surface area contributed by atoms with Gasteiger partial charge in [0.2, 0.25) is 0 Å². The molecule has 0 aliphatic carbocycles. The Labute approximate surface area is 192 Å². The lowest BCUT2D eigenvalue weighted by molar-refractivity contribution is 0.216. The average Bonchev–Trinajstić information content (AvgIpc) is 3.35. The summed E-state index contributed by atoms with van der Waals surface area (Å²) in [4.78, 5) is 23.5. The van der Waals surface area contributed by atoms with Gasteiger partial charge in [0.05, 0.1) is 0 Å². The lowest BCUT2D eigenvalue weighted by atomic mass is 9.96. The number of carbonyl (C=O) groups is 1. The number of urea groups is 1. The van der Waals surface area contributed by atoms with Crippen molar-refractivity contribution in [2.45, 2.75) is 20.4 Å². The van der Waals surface area contributed by atoms with Crippen LogP contribution in [0.4, 0.5) is 14.9 Å². The minimum Gasteiger partial charge on any atom is -0.325 e. The highest BCUT2D eigenvalue weighted by atomic mass is 35.5. The molecule has 3 heterocycles. The molecule has 32 heavy (non-hydrogen) atoms. The molecule has 166 valence electrons. The first-order chi connectivity index (χ1) is 15.4. The van der Waals surface area contributed by atoms with Crippen LogP contribution in [0.25, 0.3) is 0 Å². The van der Waals surface area contributed by atoms with Gasteiger partial charge in [-0.2, -0.15) is 0 Å². The van der Waals surface area contributed by atoms with Crippen LogP contribution in [0.5, 0.6) is 0 Å². The quantitative estimate of drug-likeness (QED) is 0.738. The Morgan fingerprint density at radius 1 is 1.19 bits per heavy atom. The summed E-state index contributed by atoms with van der Waals surface area (Å²) < 4.78 is 13.8. The number of rotatable bonds is 4. The molecule has 5 rings (SSSR count). The first-order valence-corrected chi connectivity index (χ1v) is 11.1. The Balaban J connectivity index is 1.34. The number of hydrogen-bond acceptors (Lipinski definition) is 4. The van der Waals surface area contributed by atoms with Crippen molar-refractivity contribution in [1.29, 1.82) is 0 Å². The fourth-order valence-electron chi connectivity index (χ4n) is 4.67. The summed E-state index contributed by atoms with van der Waals surface area (Å²) >= 11 is 6.00. The highest BCUT2D eigenvalue weighted by Gasteiger charge is 2.39. The van der Waals surface area contributed by atoms with Crippen molar-refractivity contribution in [3.63, 3.8) is 0 Å². The van der Waals surface area contributed by atoms with E-state index in [1.807, 2.05) is 42.3 Å². The lowest BCUT2D eigenvalue weighted by Gasteiger charge is -2.28. The standard InChI is InChI=1S/C24H25ClFN5O/c1-15-3-8-19(26)9-21(15)30-13-22-27-23(28-24(32)31(22)14-30)20-12-29(10-16(20)2)11-17-4-6-18(25)7-5-17/h3-9,13,16,20H,10-12,14H2,1-2H3,(H,27,28,32). The molecule has 0 aromatic heterocycles. The second-order valence-corrected chi connectivity index (χ2v) is 9.23. The van der Waals surface area contributed by atoms with Crippen molar-refractivity contribution in [2.24, 2.45) is 16.8 Å². The predicted octanol–water partition coefficient (Wildman–Crippen LogP) is 4.56. The third-order valence-corrected chi connectivity index (χ3v) is 6.65. The number of carbonyl (C=O) groups excluding carboxylic acids is 1. The molecule has 0 saturated carbocycles. The molecule has 1 saturated heterocycles. The monoisotopic (exact) mass is 453 g/mol. The molecular formula is C24H25ClFN5O. The zero-order valence-corrected chi connectivity index (χ0v) is 18.8. The zero-order valence-electron chi connectivity index (χ0n) is 18.1. The summed E-state index contributed by atoms with van der Waals surface area (Å²) in [6.07, 6.45) is 1.83. The molecule has 0 bridgehead atoms. The van der Waals surface area contributed by atoms with Crippen LogP contribution in [0.2, 0.25) is 5.02 Å². The second kappa shape index (κ2) is 8.22. The minimum absolute atomic E-state index is 0.138. The first-order valence-electron chi connectivity index (χ1n) is 10.8. The molecule has 3 aliphatic heterocycles. The third kappa shape index (κ3) is 3.98. The van der Waals surface area contributed by atoms with Crippen LogP contribution in [0.3, 0.4) is 0 Å². The van der Waals surface area contributed by atoms with E-state index in [2.05, 4.69) is 17.1 Å². The predicted molar refractivity (Wildman–Crippen MR) is 124 cm³/mol. The van der Waals surface area contributed by atoms with Gasteiger partial charge in [-0.15, -0.1) is 0 Å². The fraction of sp³-hybridized carbons (Fsp3) is 0.333. The Hall–Kier alpha value is -2.90. The third-order valence-electron chi connectivity index (χ3n) is 6.40. The van der Waals surface area contributed by atoms with Crippen molar-refractivity contribution >= 4 is 29.2 Å². The summed E-state index contributed by atoms with van der Waals surface area (Å²) in [5.74, 6) is 1.50. The molecule has 2 amide bonds. The smallest absolute Gasteiger partial charge is 0.325 e. The van der Waals surface area contributed by atoms with Gasteiger partial charge in [0.25, 0.3) is 0 Å². The van der Waals surface area contributed by atoms with Crippen LogP contribution in [-0.2, 0) is 6.54 Å². The SMILES string of the molecule is Cc1ccc(F)cc1N1C=C2N=C(C3CN(Cc4ccc(Cl)cc4)CC3C)NC(=O)N2C1. The van der Waals surface area contributed by atoms with Gasteiger partial charge in [0.1, 0.15) is 18.3 Å². The number of likely N-dealkylation sites (tertiary alicyclic amines) is 1. The van der Waals surface area contributed by atoms with Crippen molar-refractivity contribution in [3.05, 3.63) is 76.5 Å². The van der Waals surface area contributed by atoms with E-state index in [1.165, 1.54) is 17.7 Å². The first kappa shape index (κ1) is 21.0. The largest absolute Gasteiger partial charge is 0.329 e. The average molecular weight is 454 g/mol. The van der Waals surface area contributed by atoms with Crippen molar-refractivity contribution in [3.8, 4) is 0 Å². The number of amides is 2. The zero-order chi connectivity index (χ0) is 22.4. The van der Waals surface area contributed by atoms with E-state index in [1.54, 1.807) is 11.0 Å². The van der Waals surface area contributed by atoms with E-state index >= 15 is 0 Å². The fourth-order valence-corrected chi connectivity index (χ4v) is 4.80. The molecule has 1 fully saturated rings. The van der Waals surface area contributed by atoms with Gasteiger partial charge in [0.15, 0.2) is 5.82 Å². The number of anilines is 1. The Kier molecular flexibility index (Phi) is 5.39. The molecule has 0 radical (unpaired) electrons. The number of nitrogens with zero attached hydrogens (tertiary/aromatic N) is 4. The maximum absolute atomic E-state index is 13.8. The second-order valence-electron chi connectivity index (χ2n) is 8.79. The number of fused-ring (bicyclic) bond motifs is 1. The Bertz CT molecular complexity index is 1120. The van der Waals surface area contributed by atoms with Crippen LogP contribution in [-0.4, -0.2) is 41.4 Å².